The Kier molecular flexibility index (Phi) is 4.41. The molecule has 3 heterocycles. The maximum absolute atomic E-state index is 12.9. The molecule has 0 atom stereocenters. The monoisotopic (exact) mass is 441 g/mol. The Morgan fingerprint density at radius 3 is 2.65 bits per heavy atom. The third-order valence-electron chi connectivity index (χ3n) is 6.11. The van der Waals surface area contributed by atoms with Crippen molar-refractivity contribution in [2.75, 3.05) is 10.7 Å². The van der Waals surface area contributed by atoms with Gasteiger partial charge in [-0.1, -0.05) is 19.3 Å². The van der Waals surface area contributed by atoms with Gasteiger partial charge in [0.25, 0.3) is 5.91 Å². The number of nitrogens with zero attached hydrogens (tertiary/aromatic N) is 3. The molecule has 3 aromatic rings. The number of anilines is 3. The van der Waals surface area contributed by atoms with Crippen molar-refractivity contribution in [3.05, 3.63) is 36.0 Å². The van der Waals surface area contributed by atoms with Gasteiger partial charge in [-0.2, -0.15) is 4.98 Å². The number of hydrazine groups is 1. The summed E-state index contributed by atoms with van der Waals surface area (Å²) in [5, 5.41) is 9.19. The number of aryl methyl sites for hydroxylation is 1. The van der Waals surface area contributed by atoms with Gasteiger partial charge >= 0.3 is 0 Å². The molecule has 0 saturated heterocycles. The molecule has 2 aliphatic rings. The van der Waals surface area contributed by atoms with E-state index in [-0.39, 0.29) is 10.8 Å². The van der Waals surface area contributed by atoms with E-state index in [9.17, 15) is 13.2 Å². The number of primary sulfonamides is 1. The molecule has 1 aromatic carbocycles. The Hall–Kier alpha value is -3.18. The van der Waals surface area contributed by atoms with Crippen LogP contribution in [0.25, 0.3) is 11.0 Å². The number of benzene rings is 1. The van der Waals surface area contributed by atoms with Crippen molar-refractivity contribution in [1.82, 2.24) is 20.0 Å². The number of sulfonamides is 1. The lowest BCUT2D eigenvalue weighted by Gasteiger charge is -2.41. The third-order valence-corrected chi connectivity index (χ3v) is 7.19. The first-order valence-corrected chi connectivity index (χ1v) is 11.7. The van der Waals surface area contributed by atoms with Gasteiger partial charge in [0.1, 0.15) is 17.0 Å². The van der Waals surface area contributed by atoms with Gasteiger partial charge in [-0.15, -0.1) is 0 Å². The van der Waals surface area contributed by atoms with E-state index in [0.717, 1.165) is 43.3 Å². The highest BCUT2D eigenvalue weighted by Gasteiger charge is 2.46. The van der Waals surface area contributed by atoms with Gasteiger partial charge in [0.15, 0.2) is 0 Å². The SMILES string of the molecule is Cc1cc(Nc2ncc3cc4n(c3n2)C2(CCCCC2)C(=O)NN4)ccc1S(N)(=O)=O. The van der Waals surface area contributed by atoms with Crippen LogP contribution >= 0.6 is 0 Å². The van der Waals surface area contributed by atoms with Crippen molar-refractivity contribution in [3.8, 4) is 0 Å². The van der Waals surface area contributed by atoms with Gasteiger partial charge in [0.05, 0.1) is 4.90 Å². The maximum atomic E-state index is 12.9. The predicted octanol–water partition coefficient (Wildman–Crippen LogP) is 2.25. The topological polar surface area (TPSA) is 144 Å². The summed E-state index contributed by atoms with van der Waals surface area (Å²) in [6.45, 7) is 1.68. The Bertz CT molecular complexity index is 1310. The second-order valence-corrected chi connectivity index (χ2v) is 9.69. The van der Waals surface area contributed by atoms with E-state index < -0.39 is 15.6 Å². The van der Waals surface area contributed by atoms with Crippen LogP contribution in [0.3, 0.4) is 0 Å². The number of carbonyl (C=O) groups excluding carboxylic acids is 1. The average molecular weight is 442 g/mol. The second kappa shape index (κ2) is 6.92. The predicted molar refractivity (Wildman–Crippen MR) is 116 cm³/mol. The van der Waals surface area contributed by atoms with Gasteiger partial charge in [-0.05, 0) is 49.6 Å². The molecule has 1 aliphatic heterocycles. The number of amides is 1. The molecular weight excluding hydrogens is 418 g/mol. The molecule has 10 nitrogen and oxygen atoms in total. The molecule has 0 bridgehead atoms. The Labute approximate surface area is 179 Å². The van der Waals surface area contributed by atoms with Gasteiger partial charge in [-0.25, -0.2) is 18.5 Å². The zero-order valence-corrected chi connectivity index (χ0v) is 17.8. The van der Waals surface area contributed by atoms with Crippen molar-refractivity contribution >= 4 is 44.4 Å². The van der Waals surface area contributed by atoms with E-state index in [1.165, 1.54) is 6.07 Å². The minimum absolute atomic E-state index is 0.0421. The number of rotatable bonds is 3. The lowest BCUT2D eigenvalue weighted by Crippen LogP contribution is -2.55. The van der Waals surface area contributed by atoms with E-state index in [4.69, 9.17) is 10.1 Å². The summed E-state index contributed by atoms with van der Waals surface area (Å²) >= 11 is 0. The summed E-state index contributed by atoms with van der Waals surface area (Å²) in [5.74, 6) is 1.10. The highest BCUT2D eigenvalue weighted by atomic mass is 32.2. The molecule has 1 fully saturated rings. The molecule has 1 aliphatic carbocycles. The molecule has 0 radical (unpaired) electrons. The molecule has 1 saturated carbocycles. The van der Waals surface area contributed by atoms with E-state index in [0.29, 0.717) is 22.8 Å². The molecule has 1 spiro atoms. The fourth-order valence-electron chi connectivity index (χ4n) is 4.68. The van der Waals surface area contributed by atoms with Gasteiger partial charge in [-0.3, -0.25) is 20.2 Å². The number of carbonyl (C=O) groups is 1. The summed E-state index contributed by atoms with van der Waals surface area (Å²) in [5.41, 5.74) is 6.97. The smallest absolute Gasteiger partial charge is 0.264 e. The van der Waals surface area contributed by atoms with Crippen molar-refractivity contribution in [1.29, 1.82) is 0 Å². The van der Waals surface area contributed by atoms with E-state index in [1.54, 1.807) is 25.3 Å². The number of hydrogen-bond donors (Lipinski definition) is 4. The lowest BCUT2D eigenvalue weighted by molar-refractivity contribution is -0.131. The number of nitrogens with two attached hydrogens (primary N) is 1. The van der Waals surface area contributed by atoms with E-state index in [1.807, 2.05) is 10.6 Å². The van der Waals surface area contributed by atoms with Crippen LogP contribution in [0.1, 0.15) is 37.7 Å². The summed E-state index contributed by atoms with van der Waals surface area (Å²) in [4.78, 5) is 22.1. The summed E-state index contributed by atoms with van der Waals surface area (Å²) in [6, 6.07) is 6.68. The molecule has 11 heteroatoms. The molecule has 1 amide bonds. The first kappa shape index (κ1) is 19.8. The first-order chi connectivity index (χ1) is 14.8. The van der Waals surface area contributed by atoms with Crippen LogP contribution < -0.4 is 21.3 Å². The number of hydrogen-bond acceptors (Lipinski definition) is 7. The van der Waals surface area contributed by atoms with Crippen LogP contribution in [0.5, 0.6) is 0 Å². The largest absolute Gasteiger partial charge is 0.324 e. The average Bonchev–Trinajstić information content (AvgIpc) is 3.10. The van der Waals surface area contributed by atoms with Crippen LogP contribution in [0, 0.1) is 6.92 Å². The second-order valence-electron chi connectivity index (χ2n) is 8.16. The maximum Gasteiger partial charge on any atom is 0.264 e. The Morgan fingerprint density at radius 2 is 1.94 bits per heavy atom. The number of aromatic nitrogens is 3. The fraction of sp³-hybridized carbons (Fsp3) is 0.350. The van der Waals surface area contributed by atoms with Crippen LogP contribution in [-0.2, 0) is 20.4 Å². The minimum atomic E-state index is -3.78. The quantitative estimate of drug-likeness (QED) is 0.488. The summed E-state index contributed by atoms with van der Waals surface area (Å²) < 4.78 is 25.3. The third kappa shape index (κ3) is 3.20. The summed E-state index contributed by atoms with van der Waals surface area (Å²) in [6.07, 6.45) is 6.32. The Balaban J connectivity index is 1.56. The minimum Gasteiger partial charge on any atom is -0.324 e. The molecule has 2 aromatic heterocycles. The van der Waals surface area contributed by atoms with Crippen molar-refractivity contribution in [3.63, 3.8) is 0 Å². The fourth-order valence-corrected chi connectivity index (χ4v) is 5.44. The van der Waals surface area contributed by atoms with Gasteiger partial charge < -0.3 is 5.32 Å². The van der Waals surface area contributed by atoms with Gasteiger partial charge in [0.2, 0.25) is 16.0 Å². The molecule has 5 N–H and O–H groups in total. The van der Waals surface area contributed by atoms with Gasteiger partial charge in [0, 0.05) is 17.3 Å². The summed E-state index contributed by atoms with van der Waals surface area (Å²) in [7, 11) is -3.78. The van der Waals surface area contributed by atoms with Crippen molar-refractivity contribution < 1.29 is 13.2 Å². The van der Waals surface area contributed by atoms with E-state index in [2.05, 4.69) is 21.2 Å². The number of fused-ring (bicyclic) bond motifs is 4. The zero-order chi connectivity index (χ0) is 21.8. The van der Waals surface area contributed by atoms with Crippen LogP contribution in [0.4, 0.5) is 17.5 Å². The lowest BCUT2D eigenvalue weighted by atomic mass is 9.80. The van der Waals surface area contributed by atoms with Crippen LogP contribution in [-0.4, -0.2) is 28.9 Å². The first-order valence-electron chi connectivity index (χ1n) is 10.1. The normalized spacial score (nSPS) is 17.8. The van der Waals surface area contributed by atoms with Crippen LogP contribution in [0.15, 0.2) is 35.4 Å². The number of nitrogens with one attached hydrogen (secondary N) is 3. The van der Waals surface area contributed by atoms with Crippen molar-refractivity contribution in [2.45, 2.75) is 49.5 Å². The molecular formula is C20H23N7O3S. The van der Waals surface area contributed by atoms with Crippen molar-refractivity contribution in [2.24, 2.45) is 5.14 Å². The molecule has 5 rings (SSSR count). The molecule has 31 heavy (non-hydrogen) atoms. The standard InChI is InChI=1S/C20H23N7O3S/c1-12-9-14(5-6-15(12)31(21,29)30)23-19-22-11-13-10-16-25-26-18(28)20(7-3-2-4-8-20)27(16)17(13)24-19/h5-6,9-11,25H,2-4,7-8H2,1H3,(H,26,28)(H2,21,29,30)(H,22,23,24). The highest BCUT2D eigenvalue weighted by molar-refractivity contribution is 7.89. The Morgan fingerprint density at radius 1 is 1.16 bits per heavy atom. The molecule has 0 unspecified atom stereocenters. The van der Waals surface area contributed by atoms with E-state index >= 15 is 0 Å². The molecule has 162 valence electrons. The highest BCUT2D eigenvalue weighted by Crippen LogP contribution is 2.42. The zero-order valence-electron chi connectivity index (χ0n) is 17.0. The van der Waals surface area contributed by atoms with Crippen LogP contribution in [0.2, 0.25) is 0 Å².